The van der Waals surface area contributed by atoms with Gasteiger partial charge >= 0.3 is 0 Å². The van der Waals surface area contributed by atoms with Gasteiger partial charge in [0.25, 0.3) is 0 Å². The first-order valence-corrected chi connectivity index (χ1v) is 3.91. The quantitative estimate of drug-likeness (QED) is 0.747. The third kappa shape index (κ3) is 1.47. The van der Waals surface area contributed by atoms with Crippen LogP contribution < -0.4 is 0 Å². The number of rotatable bonds is 0. The number of benzene rings is 1. The summed E-state index contributed by atoms with van der Waals surface area (Å²) in [7, 11) is 0. The molecule has 0 fully saturated rings. The van der Waals surface area contributed by atoms with Gasteiger partial charge in [0.15, 0.2) is 5.75 Å². The maximum Gasteiger partial charge on any atom is 0.153 e. The number of halogens is 2. The van der Waals surface area contributed by atoms with Crippen LogP contribution in [-0.4, -0.2) is 5.11 Å². The van der Waals surface area contributed by atoms with Gasteiger partial charge in [-0.3, -0.25) is 0 Å². The molecule has 1 rings (SSSR count). The van der Waals surface area contributed by atoms with Crippen LogP contribution in [-0.2, 0) is 0 Å². The van der Waals surface area contributed by atoms with Gasteiger partial charge in [0.05, 0.1) is 10.6 Å². The second-order valence-electron chi connectivity index (χ2n) is 1.87. The van der Waals surface area contributed by atoms with Crippen LogP contribution in [0.4, 0.5) is 0 Å². The van der Waals surface area contributed by atoms with Crippen molar-refractivity contribution in [3.63, 3.8) is 0 Å². The summed E-state index contributed by atoms with van der Waals surface area (Å²) in [5, 5.41) is 17.8. The van der Waals surface area contributed by atoms with Crippen molar-refractivity contribution in [1.82, 2.24) is 0 Å². The fourth-order valence-electron chi connectivity index (χ4n) is 0.630. The average molecular weight is 232 g/mol. The number of nitriles is 1. The normalized spacial score (nSPS) is 9.18. The molecule has 56 valence electrons. The number of phenolic OH excluding ortho intramolecular Hbond substituents is 1. The van der Waals surface area contributed by atoms with Crippen molar-refractivity contribution in [1.29, 1.82) is 5.26 Å². The molecule has 1 N–H and O–H groups in total. The Kier molecular flexibility index (Phi) is 2.38. The second-order valence-corrected chi connectivity index (χ2v) is 3.10. The molecule has 0 radical (unpaired) electrons. The zero-order chi connectivity index (χ0) is 8.43. The molecule has 0 saturated carbocycles. The van der Waals surface area contributed by atoms with E-state index in [9.17, 15) is 5.11 Å². The molecule has 4 heteroatoms. The third-order valence-electron chi connectivity index (χ3n) is 1.19. The largest absolute Gasteiger partial charge is 0.505 e. The summed E-state index contributed by atoms with van der Waals surface area (Å²) in [6.45, 7) is 0. The Bertz CT molecular complexity index is 332. The van der Waals surface area contributed by atoms with Crippen molar-refractivity contribution in [2.45, 2.75) is 0 Å². The molecule has 0 heterocycles. The number of phenols is 1. The molecule has 0 amide bonds. The zero-order valence-corrected chi connectivity index (χ0v) is 7.65. The Morgan fingerprint density at radius 3 is 2.73 bits per heavy atom. The van der Waals surface area contributed by atoms with Crippen molar-refractivity contribution in [3.8, 4) is 11.8 Å². The van der Waals surface area contributed by atoms with Crippen molar-refractivity contribution >= 4 is 27.5 Å². The fraction of sp³-hybridized carbons (Fsp3) is 0. The molecule has 0 saturated heterocycles. The van der Waals surface area contributed by atoms with Crippen LogP contribution in [0, 0.1) is 11.3 Å². The van der Waals surface area contributed by atoms with E-state index in [2.05, 4.69) is 15.9 Å². The lowest BCUT2D eigenvalue weighted by Crippen LogP contribution is -1.77. The van der Waals surface area contributed by atoms with Crippen LogP contribution >= 0.6 is 27.5 Å². The first-order chi connectivity index (χ1) is 5.16. The molecule has 0 spiro atoms. The highest BCUT2D eigenvalue weighted by Crippen LogP contribution is 2.33. The van der Waals surface area contributed by atoms with Gasteiger partial charge in [-0.25, -0.2) is 0 Å². The van der Waals surface area contributed by atoms with Gasteiger partial charge in [-0.1, -0.05) is 11.6 Å². The molecule has 0 aromatic heterocycles. The summed E-state index contributed by atoms with van der Waals surface area (Å²) in [5.41, 5.74) is 0.179. The van der Waals surface area contributed by atoms with E-state index in [0.29, 0.717) is 4.47 Å². The van der Waals surface area contributed by atoms with E-state index in [1.54, 1.807) is 6.07 Å². The summed E-state index contributed by atoms with van der Waals surface area (Å²) in [5.74, 6) is -0.177. The lowest BCUT2D eigenvalue weighted by Gasteiger charge is -1.99. The molecule has 11 heavy (non-hydrogen) atoms. The maximum atomic E-state index is 9.19. The molecule has 0 aliphatic heterocycles. The molecule has 2 nitrogen and oxygen atoms in total. The SMILES string of the molecule is N#Cc1ccc(Br)c(Cl)c1O. The van der Waals surface area contributed by atoms with Crippen LogP contribution in [0.15, 0.2) is 16.6 Å². The highest BCUT2D eigenvalue weighted by atomic mass is 79.9. The van der Waals surface area contributed by atoms with E-state index in [0.717, 1.165) is 0 Å². The average Bonchev–Trinajstić information content (AvgIpc) is 2.01. The summed E-state index contributed by atoms with van der Waals surface area (Å²) in [4.78, 5) is 0. The maximum absolute atomic E-state index is 9.19. The minimum atomic E-state index is -0.177. The van der Waals surface area contributed by atoms with Gasteiger partial charge in [-0.2, -0.15) is 5.26 Å². The fourth-order valence-corrected chi connectivity index (χ4v) is 1.11. The number of hydrogen-bond acceptors (Lipinski definition) is 2. The number of hydrogen-bond donors (Lipinski definition) is 1. The third-order valence-corrected chi connectivity index (χ3v) is 2.46. The van der Waals surface area contributed by atoms with Crippen LogP contribution in [0.25, 0.3) is 0 Å². The van der Waals surface area contributed by atoms with Crippen molar-refractivity contribution in [3.05, 3.63) is 27.2 Å². The Labute approximate surface area is 77.2 Å². The van der Waals surface area contributed by atoms with Crippen LogP contribution in [0.3, 0.4) is 0 Å². The van der Waals surface area contributed by atoms with Crippen LogP contribution in [0.2, 0.25) is 5.02 Å². The Hall–Kier alpha value is -0.720. The first-order valence-electron chi connectivity index (χ1n) is 2.74. The van der Waals surface area contributed by atoms with Gasteiger partial charge in [-0.15, -0.1) is 0 Å². The van der Waals surface area contributed by atoms with E-state index in [1.165, 1.54) is 6.07 Å². The van der Waals surface area contributed by atoms with E-state index in [4.69, 9.17) is 16.9 Å². The van der Waals surface area contributed by atoms with E-state index in [1.807, 2.05) is 6.07 Å². The zero-order valence-electron chi connectivity index (χ0n) is 5.31. The highest BCUT2D eigenvalue weighted by molar-refractivity contribution is 9.10. The van der Waals surface area contributed by atoms with Crippen LogP contribution in [0.5, 0.6) is 5.75 Å². The van der Waals surface area contributed by atoms with Crippen LogP contribution in [0.1, 0.15) is 5.56 Å². The standard InChI is InChI=1S/C7H3BrClNO/c8-5-2-1-4(3-10)7(11)6(5)9/h1-2,11H. The molecule has 0 aliphatic carbocycles. The molecular formula is C7H3BrClNO. The van der Waals surface area contributed by atoms with Crippen molar-refractivity contribution < 1.29 is 5.11 Å². The number of aromatic hydroxyl groups is 1. The summed E-state index contributed by atoms with van der Waals surface area (Å²) < 4.78 is 0.579. The van der Waals surface area contributed by atoms with Gasteiger partial charge < -0.3 is 5.11 Å². The van der Waals surface area contributed by atoms with E-state index in [-0.39, 0.29) is 16.3 Å². The van der Waals surface area contributed by atoms with Gasteiger partial charge in [0, 0.05) is 4.47 Å². The van der Waals surface area contributed by atoms with Gasteiger partial charge in [-0.05, 0) is 28.1 Å². The lowest BCUT2D eigenvalue weighted by molar-refractivity contribution is 0.473. The molecule has 0 bridgehead atoms. The second kappa shape index (κ2) is 3.12. The Balaban J connectivity index is 3.40. The smallest absolute Gasteiger partial charge is 0.153 e. The number of nitrogens with zero attached hydrogens (tertiary/aromatic N) is 1. The summed E-state index contributed by atoms with van der Waals surface area (Å²) in [6, 6.07) is 4.91. The molecule has 1 aromatic carbocycles. The molecule has 0 unspecified atom stereocenters. The highest BCUT2D eigenvalue weighted by Gasteiger charge is 2.07. The predicted molar refractivity (Wildman–Crippen MR) is 45.5 cm³/mol. The van der Waals surface area contributed by atoms with E-state index >= 15 is 0 Å². The van der Waals surface area contributed by atoms with E-state index < -0.39 is 0 Å². The summed E-state index contributed by atoms with van der Waals surface area (Å²) >= 11 is 8.72. The van der Waals surface area contributed by atoms with Crippen molar-refractivity contribution in [2.75, 3.05) is 0 Å². The predicted octanol–water partition coefficient (Wildman–Crippen LogP) is 2.68. The lowest BCUT2D eigenvalue weighted by atomic mass is 10.2. The van der Waals surface area contributed by atoms with Gasteiger partial charge in [0.1, 0.15) is 6.07 Å². The monoisotopic (exact) mass is 231 g/mol. The first kappa shape index (κ1) is 8.38. The Morgan fingerprint density at radius 1 is 1.55 bits per heavy atom. The Morgan fingerprint density at radius 2 is 2.18 bits per heavy atom. The van der Waals surface area contributed by atoms with Crippen molar-refractivity contribution in [2.24, 2.45) is 0 Å². The topological polar surface area (TPSA) is 44.0 Å². The molecule has 0 aliphatic rings. The molecule has 1 aromatic rings. The van der Waals surface area contributed by atoms with Gasteiger partial charge in [0.2, 0.25) is 0 Å². The minimum Gasteiger partial charge on any atom is -0.505 e. The summed E-state index contributed by atoms with van der Waals surface area (Å²) in [6.07, 6.45) is 0. The molecular weight excluding hydrogens is 229 g/mol. The molecule has 0 atom stereocenters. The minimum absolute atomic E-state index is 0.170.